The number of carbonyl (C=O) groups is 2. The van der Waals surface area contributed by atoms with Gasteiger partial charge in [-0.3, -0.25) is 4.79 Å². The van der Waals surface area contributed by atoms with Gasteiger partial charge in [-0.05, 0) is 52.0 Å². The zero-order valence-corrected chi connectivity index (χ0v) is 17.0. The van der Waals surface area contributed by atoms with Crippen molar-refractivity contribution in [2.75, 3.05) is 6.61 Å². The molecule has 0 radical (unpaired) electrons. The summed E-state index contributed by atoms with van der Waals surface area (Å²) >= 11 is 5.79. The number of esters is 1. The molecule has 27 heavy (non-hydrogen) atoms. The van der Waals surface area contributed by atoms with E-state index < -0.39 is 22.6 Å². The van der Waals surface area contributed by atoms with Gasteiger partial charge in [-0.15, -0.1) is 0 Å². The summed E-state index contributed by atoms with van der Waals surface area (Å²) in [6.45, 7) is 7.29. The molecule has 9 heteroatoms. The number of carbonyl (C=O) groups excluding carboxylic acids is 2. The fourth-order valence-electron chi connectivity index (χ4n) is 2.99. The lowest BCUT2D eigenvalue weighted by atomic mass is 10.1. The van der Waals surface area contributed by atoms with Gasteiger partial charge >= 0.3 is 5.97 Å². The van der Waals surface area contributed by atoms with E-state index in [0.29, 0.717) is 5.56 Å². The van der Waals surface area contributed by atoms with Crippen molar-refractivity contribution in [1.82, 2.24) is 4.57 Å². The highest BCUT2D eigenvalue weighted by Gasteiger charge is 2.20. The van der Waals surface area contributed by atoms with Crippen LogP contribution in [0.2, 0.25) is 5.02 Å². The molecule has 0 aliphatic carbocycles. The average molecular weight is 413 g/mol. The van der Waals surface area contributed by atoms with Gasteiger partial charge in [0.25, 0.3) is 0 Å². The maximum Gasteiger partial charge on any atom is 0.338 e. The summed E-state index contributed by atoms with van der Waals surface area (Å²) in [5, 5.41) is 4.96. The SMILES string of the molecule is Cc1cc(C(=O)COC(=O)c2ccc(Cl)c(S(N)(=O)=O)c2)c(C)n1C(C)C. The van der Waals surface area contributed by atoms with Gasteiger partial charge in [-0.25, -0.2) is 18.4 Å². The smallest absolute Gasteiger partial charge is 0.338 e. The maximum atomic E-state index is 12.4. The fraction of sp³-hybridized carbons (Fsp3) is 0.333. The van der Waals surface area contributed by atoms with Gasteiger partial charge in [-0.1, -0.05) is 11.6 Å². The third-order valence-electron chi connectivity index (χ3n) is 4.11. The van der Waals surface area contributed by atoms with Crippen LogP contribution in [0.15, 0.2) is 29.2 Å². The Labute approximate surface area is 163 Å². The number of nitrogens with two attached hydrogens (primary N) is 1. The minimum Gasteiger partial charge on any atom is -0.454 e. The number of ether oxygens (including phenoxy) is 1. The Balaban J connectivity index is 2.17. The van der Waals surface area contributed by atoms with Crippen molar-refractivity contribution in [2.45, 2.75) is 38.6 Å². The Hall–Kier alpha value is -2.16. The van der Waals surface area contributed by atoms with E-state index in [1.165, 1.54) is 12.1 Å². The van der Waals surface area contributed by atoms with Crippen LogP contribution in [-0.4, -0.2) is 31.3 Å². The summed E-state index contributed by atoms with van der Waals surface area (Å²) in [6.07, 6.45) is 0. The Morgan fingerprint density at radius 3 is 2.37 bits per heavy atom. The molecule has 1 aromatic carbocycles. The van der Waals surface area contributed by atoms with Crippen LogP contribution < -0.4 is 5.14 Å². The van der Waals surface area contributed by atoms with Crippen LogP contribution in [0.1, 0.15) is 52.0 Å². The minimum absolute atomic E-state index is 0.0659. The lowest BCUT2D eigenvalue weighted by Gasteiger charge is -2.13. The lowest BCUT2D eigenvalue weighted by Crippen LogP contribution is -2.17. The van der Waals surface area contributed by atoms with Crippen molar-refractivity contribution in [3.8, 4) is 0 Å². The standard InChI is InChI=1S/C18H21ClN2O5S/c1-10(2)21-11(3)7-14(12(21)4)16(22)9-26-18(23)13-5-6-15(19)17(8-13)27(20,24)25/h5-8,10H,9H2,1-4H3,(H2,20,24,25). The molecule has 146 valence electrons. The average Bonchev–Trinajstić information content (AvgIpc) is 2.86. The maximum absolute atomic E-state index is 12.4. The van der Waals surface area contributed by atoms with E-state index in [2.05, 4.69) is 0 Å². The van der Waals surface area contributed by atoms with Crippen molar-refractivity contribution >= 4 is 33.4 Å². The van der Waals surface area contributed by atoms with Gasteiger partial charge in [0.2, 0.25) is 15.8 Å². The molecule has 0 amide bonds. The van der Waals surface area contributed by atoms with Crippen molar-refractivity contribution in [2.24, 2.45) is 5.14 Å². The van der Waals surface area contributed by atoms with Gasteiger partial charge in [-0.2, -0.15) is 0 Å². The highest BCUT2D eigenvalue weighted by molar-refractivity contribution is 7.89. The van der Waals surface area contributed by atoms with Gasteiger partial charge in [0.1, 0.15) is 4.90 Å². The molecule has 2 N–H and O–H groups in total. The molecule has 0 saturated heterocycles. The second-order valence-corrected chi connectivity index (χ2v) is 8.38. The van der Waals surface area contributed by atoms with Gasteiger partial charge in [0.05, 0.1) is 10.6 Å². The number of sulfonamides is 1. The van der Waals surface area contributed by atoms with E-state index in [0.717, 1.165) is 17.5 Å². The Bertz CT molecular complexity index is 1010. The molecule has 0 fully saturated rings. The number of halogens is 1. The van der Waals surface area contributed by atoms with E-state index in [1.807, 2.05) is 32.3 Å². The van der Waals surface area contributed by atoms with E-state index >= 15 is 0 Å². The summed E-state index contributed by atoms with van der Waals surface area (Å²) in [5.74, 6) is -1.19. The monoisotopic (exact) mass is 412 g/mol. The lowest BCUT2D eigenvalue weighted by molar-refractivity contribution is 0.0474. The third kappa shape index (κ3) is 4.58. The summed E-state index contributed by atoms with van der Waals surface area (Å²) in [7, 11) is -4.09. The molecule has 1 aromatic heterocycles. The highest BCUT2D eigenvalue weighted by Crippen LogP contribution is 2.23. The minimum atomic E-state index is -4.09. The zero-order valence-electron chi connectivity index (χ0n) is 15.4. The number of hydrogen-bond acceptors (Lipinski definition) is 5. The molecule has 7 nitrogen and oxygen atoms in total. The van der Waals surface area contributed by atoms with Gasteiger partial charge < -0.3 is 9.30 Å². The predicted octanol–water partition coefficient (Wildman–Crippen LogP) is 3.03. The van der Waals surface area contributed by atoms with Crippen LogP contribution in [0.3, 0.4) is 0 Å². The topological polar surface area (TPSA) is 108 Å². The molecule has 0 atom stereocenters. The molecule has 0 spiro atoms. The molecule has 1 heterocycles. The summed E-state index contributed by atoms with van der Waals surface area (Å²) in [6, 6.07) is 5.51. The molecule has 2 rings (SSSR count). The van der Waals surface area contributed by atoms with Crippen LogP contribution in [0.5, 0.6) is 0 Å². The van der Waals surface area contributed by atoms with E-state index in [9.17, 15) is 18.0 Å². The summed E-state index contributed by atoms with van der Waals surface area (Å²) in [5.41, 5.74) is 2.15. The summed E-state index contributed by atoms with van der Waals surface area (Å²) in [4.78, 5) is 24.2. The van der Waals surface area contributed by atoms with E-state index in [1.54, 1.807) is 6.07 Å². The predicted molar refractivity (Wildman–Crippen MR) is 102 cm³/mol. The third-order valence-corrected chi connectivity index (χ3v) is 5.50. The van der Waals surface area contributed by atoms with Gasteiger partial charge in [0.15, 0.2) is 6.61 Å². The first-order valence-electron chi connectivity index (χ1n) is 8.14. The molecule has 0 saturated carbocycles. The fourth-order valence-corrected chi connectivity index (χ4v) is 4.07. The van der Waals surface area contributed by atoms with Crippen molar-refractivity contribution < 1.29 is 22.7 Å². The van der Waals surface area contributed by atoms with Crippen LogP contribution >= 0.6 is 11.6 Å². The number of aryl methyl sites for hydroxylation is 1. The van der Waals surface area contributed by atoms with E-state index in [4.69, 9.17) is 21.5 Å². The number of ketones is 1. The Morgan fingerprint density at radius 1 is 1.22 bits per heavy atom. The van der Waals surface area contributed by atoms with Crippen LogP contribution in [-0.2, 0) is 14.8 Å². The highest BCUT2D eigenvalue weighted by atomic mass is 35.5. The molecular formula is C18H21ClN2O5S. The van der Waals surface area contributed by atoms with Gasteiger partial charge in [0, 0.05) is 23.0 Å². The van der Waals surface area contributed by atoms with E-state index in [-0.39, 0.29) is 27.3 Å². The number of aromatic nitrogens is 1. The largest absolute Gasteiger partial charge is 0.454 e. The first-order chi connectivity index (χ1) is 12.4. The number of rotatable bonds is 6. The molecule has 2 aromatic rings. The van der Waals surface area contributed by atoms with Crippen LogP contribution in [0, 0.1) is 13.8 Å². The van der Waals surface area contributed by atoms with Crippen LogP contribution in [0.25, 0.3) is 0 Å². The molecule has 0 aliphatic heterocycles. The summed E-state index contributed by atoms with van der Waals surface area (Å²) < 4.78 is 30.0. The van der Waals surface area contributed by atoms with Crippen LogP contribution in [0.4, 0.5) is 0 Å². The number of Topliss-reactive ketones (excluding diaryl/α,β-unsaturated/α-hetero) is 1. The molecular weight excluding hydrogens is 392 g/mol. The number of hydrogen-bond donors (Lipinski definition) is 1. The Kier molecular flexibility index (Phi) is 6.14. The number of nitrogens with zero attached hydrogens (tertiary/aromatic N) is 1. The Morgan fingerprint density at radius 2 is 1.85 bits per heavy atom. The first-order valence-corrected chi connectivity index (χ1v) is 10.1. The quantitative estimate of drug-likeness (QED) is 0.579. The molecule has 0 bridgehead atoms. The molecule has 0 aliphatic rings. The van der Waals surface area contributed by atoms with Crippen molar-refractivity contribution in [3.05, 3.63) is 51.8 Å². The normalized spacial score (nSPS) is 11.7. The zero-order chi connectivity index (χ0) is 20.5. The van der Waals surface area contributed by atoms with Crippen molar-refractivity contribution in [1.29, 1.82) is 0 Å². The second kappa shape index (κ2) is 7.84. The number of primary sulfonamides is 1. The van der Waals surface area contributed by atoms with Crippen molar-refractivity contribution in [3.63, 3.8) is 0 Å². The second-order valence-electron chi connectivity index (χ2n) is 6.44. The molecule has 0 unspecified atom stereocenters. The first kappa shape index (κ1) is 21.1. The number of benzene rings is 1.